The van der Waals surface area contributed by atoms with Gasteiger partial charge in [-0.25, -0.2) is 16.8 Å². The summed E-state index contributed by atoms with van der Waals surface area (Å²) >= 11 is 0. The molecule has 2 aromatic rings. The maximum Gasteiger partial charge on any atom is 0.273 e. The first kappa shape index (κ1) is 22.7. The van der Waals surface area contributed by atoms with Gasteiger partial charge in [-0.2, -0.15) is 0 Å². The van der Waals surface area contributed by atoms with Crippen molar-refractivity contribution in [2.75, 3.05) is 23.3 Å². The van der Waals surface area contributed by atoms with E-state index in [0.29, 0.717) is 12.0 Å². The summed E-state index contributed by atoms with van der Waals surface area (Å²) in [5.41, 5.74) is 0.485. The number of nitro groups is 1. The summed E-state index contributed by atoms with van der Waals surface area (Å²) in [6.07, 6.45) is 0.380. The summed E-state index contributed by atoms with van der Waals surface area (Å²) in [4.78, 5) is 24.2. The minimum Gasteiger partial charge on any atom is -0.338 e. The largest absolute Gasteiger partial charge is 0.338 e. The minimum absolute atomic E-state index is 0.0488. The third-order valence-corrected chi connectivity index (χ3v) is 8.28. The fourth-order valence-corrected chi connectivity index (χ4v) is 6.15. The summed E-state index contributed by atoms with van der Waals surface area (Å²) in [5, 5.41) is 11.1. The molecule has 1 unspecified atom stereocenters. The fourth-order valence-electron chi connectivity index (χ4n) is 3.30. The molecule has 3 rings (SSSR count). The van der Waals surface area contributed by atoms with Crippen LogP contribution in [0.3, 0.4) is 0 Å². The van der Waals surface area contributed by atoms with E-state index in [2.05, 4.69) is 4.72 Å². The van der Waals surface area contributed by atoms with Crippen molar-refractivity contribution in [1.82, 2.24) is 4.90 Å². The van der Waals surface area contributed by atoms with Crippen LogP contribution in [-0.4, -0.2) is 57.2 Å². The van der Waals surface area contributed by atoms with Gasteiger partial charge in [0.15, 0.2) is 9.84 Å². The molecule has 0 spiro atoms. The summed E-state index contributed by atoms with van der Waals surface area (Å²) in [5.74, 6) is -0.395. The Hall–Kier alpha value is -2.99. The average Bonchev–Trinajstić information content (AvgIpc) is 3.07. The Bertz CT molecular complexity index is 1240. The number of amides is 1. The van der Waals surface area contributed by atoms with Gasteiger partial charge in [0.25, 0.3) is 21.6 Å². The predicted octanol–water partition coefficient (Wildman–Crippen LogP) is 1.96. The van der Waals surface area contributed by atoms with E-state index in [4.69, 9.17) is 0 Å². The van der Waals surface area contributed by atoms with Crippen LogP contribution in [0.1, 0.15) is 22.3 Å². The quantitative estimate of drug-likeness (QED) is 0.505. The van der Waals surface area contributed by atoms with E-state index in [9.17, 15) is 31.7 Å². The predicted molar refractivity (Wildman–Crippen MR) is 114 cm³/mol. The normalized spacial score (nSPS) is 17.8. The van der Waals surface area contributed by atoms with Crippen LogP contribution < -0.4 is 4.72 Å². The first-order valence-corrected chi connectivity index (χ1v) is 12.6. The van der Waals surface area contributed by atoms with Crippen molar-refractivity contribution < 1.29 is 26.6 Å². The van der Waals surface area contributed by atoms with Crippen molar-refractivity contribution in [2.24, 2.45) is 0 Å². The van der Waals surface area contributed by atoms with Crippen molar-refractivity contribution in [2.45, 2.75) is 24.3 Å². The zero-order valence-electron chi connectivity index (χ0n) is 16.8. The second-order valence-corrected chi connectivity index (χ2v) is 11.3. The molecular formula is C19H21N3O7S2. The zero-order chi connectivity index (χ0) is 23.0. The van der Waals surface area contributed by atoms with E-state index in [1.807, 2.05) is 0 Å². The lowest BCUT2D eigenvalue weighted by Crippen LogP contribution is -2.37. The molecule has 0 aliphatic carbocycles. The van der Waals surface area contributed by atoms with E-state index in [1.54, 1.807) is 0 Å². The smallest absolute Gasteiger partial charge is 0.273 e. The molecule has 1 aliphatic rings. The van der Waals surface area contributed by atoms with Gasteiger partial charge in [0.05, 0.1) is 21.3 Å². The van der Waals surface area contributed by atoms with E-state index >= 15 is 0 Å². The molecule has 0 radical (unpaired) electrons. The fraction of sp³-hybridized carbons (Fsp3) is 0.316. The number of hydrogen-bond acceptors (Lipinski definition) is 7. The summed E-state index contributed by atoms with van der Waals surface area (Å²) < 4.78 is 50.8. The van der Waals surface area contributed by atoms with E-state index in [1.165, 1.54) is 55.3 Å². The number of nitrogens with zero attached hydrogens (tertiary/aromatic N) is 2. The molecule has 1 N–H and O–H groups in total. The molecule has 0 bridgehead atoms. The minimum atomic E-state index is -4.08. The van der Waals surface area contributed by atoms with Gasteiger partial charge in [-0.15, -0.1) is 0 Å². The van der Waals surface area contributed by atoms with Crippen LogP contribution in [0, 0.1) is 17.0 Å². The van der Waals surface area contributed by atoms with E-state index in [-0.39, 0.29) is 39.2 Å². The molecule has 1 amide bonds. The van der Waals surface area contributed by atoms with Crippen LogP contribution in [0.2, 0.25) is 0 Å². The topological polar surface area (TPSA) is 144 Å². The third-order valence-electron chi connectivity index (χ3n) is 5.15. The van der Waals surface area contributed by atoms with Gasteiger partial charge in [0.2, 0.25) is 0 Å². The molecule has 10 nitrogen and oxygen atoms in total. The Balaban J connectivity index is 1.75. The number of carbonyl (C=O) groups excluding carboxylic acids is 1. The van der Waals surface area contributed by atoms with E-state index in [0.717, 1.165) is 6.07 Å². The third kappa shape index (κ3) is 5.02. The SMILES string of the molecule is Cc1ccc(S(=O)(=O)Nc2ccc(C(=O)N(C)C3CCS(=O)(=O)C3)cc2)cc1[N+](=O)[O-]. The lowest BCUT2D eigenvalue weighted by atomic mass is 10.1. The Morgan fingerprint density at radius 3 is 2.39 bits per heavy atom. The number of nitro benzene ring substituents is 1. The zero-order valence-corrected chi connectivity index (χ0v) is 18.4. The second-order valence-electron chi connectivity index (χ2n) is 7.36. The Morgan fingerprint density at radius 1 is 1.19 bits per heavy atom. The highest BCUT2D eigenvalue weighted by Crippen LogP contribution is 2.24. The molecular weight excluding hydrogens is 446 g/mol. The number of rotatable bonds is 6. The van der Waals surface area contributed by atoms with Crippen LogP contribution in [0.5, 0.6) is 0 Å². The maximum absolute atomic E-state index is 12.6. The summed E-state index contributed by atoms with van der Waals surface area (Å²) in [6, 6.07) is 8.86. The number of sulfonamides is 1. The number of sulfone groups is 1. The van der Waals surface area contributed by atoms with Crippen LogP contribution in [0.25, 0.3) is 0 Å². The highest BCUT2D eigenvalue weighted by Gasteiger charge is 2.33. The Kier molecular flexibility index (Phi) is 6.05. The number of carbonyl (C=O) groups is 1. The summed E-state index contributed by atoms with van der Waals surface area (Å²) in [6.45, 7) is 1.51. The lowest BCUT2D eigenvalue weighted by molar-refractivity contribution is -0.385. The molecule has 2 aromatic carbocycles. The van der Waals surface area contributed by atoms with Gasteiger partial charge in [0, 0.05) is 36.0 Å². The molecule has 31 heavy (non-hydrogen) atoms. The van der Waals surface area contributed by atoms with Crippen molar-refractivity contribution >= 4 is 37.1 Å². The monoisotopic (exact) mass is 467 g/mol. The standard InChI is InChI=1S/C19H21N3O7S2/c1-13-3-8-17(11-18(13)22(24)25)31(28,29)20-15-6-4-14(5-7-15)19(23)21(2)16-9-10-30(26,27)12-16/h3-8,11,16,20H,9-10,12H2,1-2H3. The second kappa shape index (κ2) is 8.27. The Labute approximate surface area is 180 Å². The van der Waals surface area contributed by atoms with Gasteiger partial charge in [-0.3, -0.25) is 19.6 Å². The maximum atomic E-state index is 12.6. The molecule has 12 heteroatoms. The molecule has 1 heterocycles. The van der Waals surface area contributed by atoms with Crippen molar-refractivity contribution in [3.8, 4) is 0 Å². The van der Waals surface area contributed by atoms with Crippen LogP contribution >= 0.6 is 0 Å². The van der Waals surface area contributed by atoms with Gasteiger partial charge in [-0.1, -0.05) is 6.07 Å². The van der Waals surface area contributed by atoms with Gasteiger partial charge in [0.1, 0.15) is 0 Å². The van der Waals surface area contributed by atoms with Crippen LogP contribution in [-0.2, 0) is 19.9 Å². The summed E-state index contributed by atoms with van der Waals surface area (Å²) in [7, 11) is -5.68. The van der Waals surface area contributed by atoms with Gasteiger partial charge >= 0.3 is 0 Å². The molecule has 1 saturated heterocycles. The molecule has 166 valence electrons. The molecule has 1 atom stereocenters. The van der Waals surface area contributed by atoms with Crippen LogP contribution in [0.4, 0.5) is 11.4 Å². The molecule has 0 saturated carbocycles. The van der Waals surface area contributed by atoms with Crippen molar-refractivity contribution in [3.05, 3.63) is 63.7 Å². The number of anilines is 1. The Morgan fingerprint density at radius 2 is 1.84 bits per heavy atom. The number of aryl methyl sites for hydroxylation is 1. The first-order valence-electron chi connectivity index (χ1n) is 9.25. The van der Waals surface area contributed by atoms with Crippen molar-refractivity contribution in [3.63, 3.8) is 0 Å². The highest BCUT2D eigenvalue weighted by molar-refractivity contribution is 7.92. The number of benzene rings is 2. The van der Waals surface area contributed by atoms with Gasteiger partial charge < -0.3 is 4.90 Å². The first-order chi connectivity index (χ1) is 14.4. The number of hydrogen-bond donors (Lipinski definition) is 1. The highest BCUT2D eigenvalue weighted by atomic mass is 32.2. The average molecular weight is 468 g/mol. The molecule has 1 fully saturated rings. The van der Waals surface area contributed by atoms with E-state index < -0.39 is 30.8 Å². The molecule has 0 aromatic heterocycles. The van der Waals surface area contributed by atoms with Gasteiger partial charge in [-0.05, 0) is 43.7 Å². The lowest BCUT2D eigenvalue weighted by Gasteiger charge is -2.23. The molecule has 1 aliphatic heterocycles. The van der Waals surface area contributed by atoms with Crippen LogP contribution in [0.15, 0.2) is 47.4 Å². The number of nitrogens with one attached hydrogen (secondary N) is 1. The van der Waals surface area contributed by atoms with Crippen molar-refractivity contribution in [1.29, 1.82) is 0 Å².